The molecule has 0 aromatic heterocycles. The number of aromatic hydroxyl groups is 1. The van der Waals surface area contributed by atoms with Gasteiger partial charge in [0.25, 0.3) is 0 Å². The molecule has 136 valence electrons. The van der Waals surface area contributed by atoms with Crippen molar-refractivity contribution in [1.82, 2.24) is 10.9 Å². The van der Waals surface area contributed by atoms with Gasteiger partial charge in [-0.2, -0.15) is 5.43 Å². The molecule has 2 aromatic rings. The number of urea groups is 1. The lowest BCUT2D eigenvalue weighted by Crippen LogP contribution is -2.54. The molecule has 4 rings (SSSR count). The number of ether oxygens (including phenoxy) is 3. The molecule has 0 bridgehead atoms. The minimum atomic E-state index is -0.712. The van der Waals surface area contributed by atoms with Crippen molar-refractivity contribution in [3.05, 3.63) is 47.5 Å². The number of para-hydroxylation sites is 1. The van der Waals surface area contributed by atoms with Gasteiger partial charge in [0.15, 0.2) is 17.7 Å². The third-order valence-electron chi connectivity index (χ3n) is 4.71. The van der Waals surface area contributed by atoms with Crippen LogP contribution in [0, 0.1) is 5.92 Å². The van der Waals surface area contributed by atoms with Crippen LogP contribution in [0.3, 0.4) is 0 Å². The van der Waals surface area contributed by atoms with Crippen molar-refractivity contribution in [3.63, 3.8) is 0 Å². The van der Waals surface area contributed by atoms with Gasteiger partial charge < -0.3 is 25.1 Å². The van der Waals surface area contributed by atoms with E-state index in [0.29, 0.717) is 17.2 Å². The largest absolute Gasteiger partial charge is 0.508 e. The maximum absolute atomic E-state index is 11.1. The zero-order valence-corrected chi connectivity index (χ0v) is 14.1. The van der Waals surface area contributed by atoms with Crippen LogP contribution in [0.4, 0.5) is 4.79 Å². The molecular weight excluding hydrogens is 338 g/mol. The van der Waals surface area contributed by atoms with Crippen molar-refractivity contribution in [3.8, 4) is 23.0 Å². The fraction of sp³-hybridized carbons (Fsp3) is 0.278. The first-order valence-corrected chi connectivity index (χ1v) is 8.23. The van der Waals surface area contributed by atoms with Gasteiger partial charge in [0.2, 0.25) is 6.79 Å². The summed E-state index contributed by atoms with van der Waals surface area (Å²) in [4.78, 5) is 11.1. The number of phenolic OH excluding ortho intramolecular Hbond substituents is 1. The number of nitrogens with two attached hydrogens (primary N) is 1. The Balaban J connectivity index is 1.80. The van der Waals surface area contributed by atoms with E-state index in [2.05, 4.69) is 10.9 Å². The maximum atomic E-state index is 11.1. The normalized spacial score (nSPS) is 23.0. The number of nitrogens with one attached hydrogen (secondary N) is 2. The Morgan fingerprint density at radius 1 is 1.15 bits per heavy atom. The van der Waals surface area contributed by atoms with Gasteiger partial charge in [0, 0.05) is 29.0 Å². The number of phenols is 1. The highest BCUT2D eigenvalue weighted by Gasteiger charge is 2.39. The fourth-order valence-corrected chi connectivity index (χ4v) is 3.49. The molecule has 2 aliphatic rings. The molecule has 26 heavy (non-hydrogen) atoms. The van der Waals surface area contributed by atoms with E-state index in [9.17, 15) is 9.90 Å². The van der Waals surface area contributed by atoms with Crippen LogP contribution in [0.15, 0.2) is 36.4 Å². The summed E-state index contributed by atoms with van der Waals surface area (Å²) in [6.07, 6.45) is -0.556. The van der Waals surface area contributed by atoms with Crippen molar-refractivity contribution in [2.24, 2.45) is 11.7 Å². The Labute approximate surface area is 149 Å². The lowest BCUT2D eigenvalue weighted by molar-refractivity contribution is 0.0688. The van der Waals surface area contributed by atoms with Crippen LogP contribution in [-0.2, 0) is 0 Å². The Hall–Kier alpha value is -3.13. The van der Waals surface area contributed by atoms with E-state index in [4.69, 9.17) is 19.9 Å². The number of hydrogen-bond acceptors (Lipinski definition) is 6. The van der Waals surface area contributed by atoms with Gasteiger partial charge >= 0.3 is 6.03 Å². The van der Waals surface area contributed by atoms with E-state index >= 15 is 0 Å². The molecule has 0 unspecified atom stereocenters. The highest BCUT2D eigenvalue weighted by atomic mass is 16.7. The van der Waals surface area contributed by atoms with Crippen molar-refractivity contribution in [2.75, 3.05) is 6.79 Å². The summed E-state index contributed by atoms with van der Waals surface area (Å²) in [6.45, 7) is 2.12. The number of benzene rings is 2. The van der Waals surface area contributed by atoms with Crippen molar-refractivity contribution < 1.29 is 24.1 Å². The minimum absolute atomic E-state index is 0.136. The van der Waals surface area contributed by atoms with Crippen molar-refractivity contribution >= 4 is 6.03 Å². The molecule has 5 N–H and O–H groups in total. The van der Waals surface area contributed by atoms with Gasteiger partial charge in [-0.15, -0.1) is 0 Å². The van der Waals surface area contributed by atoms with Crippen molar-refractivity contribution in [1.29, 1.82) is 0 Å². The van der Waals surface area contributed by atoms with Crippen molar-refractivity contribution in [2.45, 2.75) is 19.1 Å². The Morgan fingerprint density at radius 3 is 2.62 bits per heavy atom. The number of carbonyl (C=O) groups is 1. The number of hydrazine groups is 1. The summed E-state index contributed by atoms with van der Waals surface area (Å²) in [5.74, 6) is 1.68. The summed E-state index contributed by atoms with van der Waals surface area (Å²) in [7, 11) is 0. The molecule has 2 amide bonds. The smallest absolute Gasteiger partial charge is 0.326 e. The van der Waals surface area contributed by atoms with Gasteiger partial charge in [0.05, 0.1) is 0 Å². The lowest BCUT2D eigenvalue weighted by atomic mass is 9.78. The second-order valence-electron chi connectivity index (χ2n) is 6.31. The van der Waals surface area contributed by atoms with Gasteiger partial charge in [-0.1, -0.05) is 25.1 Å². The molecule has 0 radical (unpaired) electrons. The lowest BCUT2D eigenvalue weighted by Gasteiger charge is -2.38. The van der Waals surface area contributed by atoms with Crippen LogP contribution in [0.2, 0.25) is 0 Å². The van der Waals surface area contributed by atoms with Gasteiger partial charge in [-0.05, 0) is 12.1 Å². The third-order valence-corrected chi connectivity index (χ3v) is 4.71. The second-order valence-corrected chi connectivity index (χ2v) is 6.31. The van der Waals surface area contributed by atoms with Crippen LogP contribution in [0.25, 0.3) is 0 Å². The highest BCUT2D eigenvalue weighted by Crippen LogP contribution is 2.50. The zero-order chi connectivity index (χ0) is 18.3. The molecule has 0 fully saturated rings. The first-order valence-electron chi connectivity index (χ1n) is 8.23. The molecule has 3 atom stereocenters. The van der Waals surface area contributed by atoms with E-state index in [1.165, 1.54) is 0 Å². The Kier molecular flexibility index (Phi) is 3.96. The first-order chi connectivity index (χ1) is 12.5. The second kappa shape index (κ2) is 6.30. The van der Waals surface area contributed by atoms with Crippen LogP contribution >= 0.6 is 0 Å². The summed E-state index contributed by atoms with van der Waals surface area (Å²) in [6, 6.07) is 10.1. The maximum Gasteiger partial charge on any atom is 0.326 e. The molecule has 8 nitrogen and oxygen atoms in total. The first kappa shape index (κ1) is 16.3. The topological polar surface area (TPSA) is 115 Å². The molecule has 0 saturated carbocycles. The average Bonchev–Trinajstić information content (AvgIpc) is 3.06. The fourth-order valence-electron chi connectivity index (χ4n) is 3.49. The number of primary amides is 1. The molecular formula is C18H19N3O5. The molecule has 2 heterocycles. The van der Waals surface area contributed by atoms with E-state index in [1.807, 2.05) is 25.1 Å². The quantitative estimate of drug-likeness (QED) is 0.623. The molecule has 0 saturated heterocycles. The highest BCUT2D eigenvalue weighted by molar-refractivity contribution is 5.71. The minimum Gasteiger partial charge on any atom is -0.508 e. The van der Waals surface area contributed by atoms with E-state index in [0.717, 1.165) is 11.1 Å². The number of fused-ring (bicyclic) bond motifs is 2. The third kappa shape index (κ3) is 2.74. The molecule has 2 aliphatic heterocycles. The van der Waals surface area contributed by atoms with E-state index in [-0.39, 0.29) is 24.4 Å². The van der Waals surface area contributed by atoms with E-state index < -0.39 is 12.3 Å². The molecule has 0 spiro atoms. The number of rotatable bonds is 3. The summed E-state index contributed by atoms with van der Waals surface area (Å²) < 4.78 is 16.9. The molecule has 2 aromatic carbocycles. The van der Waals surface area contributed by atoms with Gasteiger partial charge in [0.1, 0.15) is 11.5 Å². The van der Waals surface area contributed by atoms with Gasteiger partial charge in [-0.25, -0.2) is 4.79 Å². The number of amides is 2. The van der Waals surface area contributed by atoms with E-state index in [1.54, 1.807) is 18.2 Å². The molecule has 0 aliphatic carbocycles. The van der Waals surface area contributed by atoms with Crippen LogP contribution < -0.4 is 30.8 Å². The van der Waals surface area contributed by atoms with Gasteiger partial charge in [-0.3, -0.25) is 5.43 Å². The van der Waals surface area contributed by atoms with Crippen LogP contribution in [0.1, 0.15) is 24.0 Å². The number of hydrogen-bond donors (Lipinski definition) is 4. The Bertz CT molecular complexity index is 857. The SMILES string of the molecule is C[C@@H]1[C@H](c2ccccc2O)c2cc3c(cc2O[C@@H]1NNC(N)=O)OCO3. The standard InChI is InChI=1S/C18H19N3O5/c1-9-16(10-4-2-3-5-12(10)22)11-6-14-15(25-8-24-14)7-13(11)26-17(9)20-21-18(19)23/h2-7,9,16-17,20,22H,8H2,1H3,(H3,19,21,23)/t9-,16-,17+/m1/s1. The Morgan fingerprint density at radius 2 is 1.88 bits per heavy atom. The van der Waals surface area contributed by atoms with Crippen LogP contribution in [0.5, 0.6) is 23.0 Å². The predicted molar refractivity (Wildman–Crippen MR) is 91.9 cm³/mol. The summed E-state index contributed by atoms with van der Waals surface area (Å²) in [5.41, 5.74) is 11.9. The summed E-state index contributed by atoms with van der Waals surface area (Å²) in [5, 5.41) is 10.4. The predicted octanol–water partition coefficient (Wildman–Crippen LogP) is 1.78. The average molecular weight is 357 g/mol. The zero-order valence-electron chi connectivity index (χ0n) is 14.1. The van der Waals surface area contributed by atoms with Crippen LogP contribution in [-0.4, -0.2) is 24.2 Å². The monoisotopic (exact) mass is 357 g/mol. The molecule has 8 heteroatoms. The summed E-state index contributed by atoms with van der Waals surface area (Å²) >= 11 is 0. The number of carbonyl (C=O) groups excluding carboxylic acids is 1.